The van der Waals surface area contributed by atoms with Crippen LogP contribution < -0.4 is 9.47 Å². The van der Waals surface area contributed by atoms with Gasteiger partial charge in [-0.3, -0.25) is 9.98 Å². The van der Waals surface area contributed by atoms with Gasteiger partial charge in [0.2, 0.25) is 6.79 Å². The Labute approximate surface area is 150 Å². The number of nitrogens with zero attached hydrogens (tertiary/aromatic N) is 4. The highest BCUT2D eigenvalue weighted by molar-refractivity contribution is 6.02. The summed E-state index contributed by atoms with van der Waals surface area (Å²) in [6.07, 6.45) is 1.71. The number of likely N-dealkylation sites (N-methyl/N-ethyl adjacent to an activating group) is 1. The average Bonchev–Trinajstić information content (AvgIpc) is 2.99. The summed E-state index contributed by atoms with van der Waals surface area (Å²) in [6.45, 7) is 5.49. The molecule has 2 heterocycles. The molecular formula is C19H28N4O2. The van der Waals surface area contributed by atoms with Gasteiger partial charge in [0.1, 0.15) is 11.7 Å². The van der Waals surface area contributed by atoms with Crippen molar-refractivity contribution < 1.29 is 9.47 Å². The molecule has 0 aliphatic carbocycles. The Kier molecular flexibility index (Phi) is 5.16. The molecule has 3 rings (SSSR count). The molecule has 0 amide bonds. The largest absolute Gasteiger partial charge is 0.454 e. The van der Waals surface area contributed by atoms with Gasteiger partial charge in [-0.2, -0.15) is 0 Å². The highest BCUT2D eigenvalue weighted by Crippen LogP contribution is 2.32. The molecule has 1 aromatic rings. The number of aliphatic imine (C=N–C) groups is 2. The van der Waals surface area contributed by atoms with Crippen LogP contribution in [0.15, 0.2) is 28.2 Å². The first-order valence-corrected chi connectivity index (χ1v) is 8.84. The molecule has 0 radical (unpaired) electrons. The summed E-state index contributed by atoms with van der Waals surface area (Å²) in [7, 11) is 6.21. The van der Waals surface area contributed by atoms with E-state index in [2.05, 4.69) is 42.8 Å². The topological polar surface area (TPSA) is 49.7 Å². The molecule has 6 nitrogen and oxygen atoms in total. The van der Waals surface area contributed by atoms with E-state index < -0.39 is 0 Å². The minimum atomic E-state index is 0.195. The fraction of sp³-hybridized carbons (Fsp3) is 0.579. The van der Waals surface area contributed by atoms with Crippen LogP contribution in [-0.4, -0.2) is 68.0 Å². The molecule has 2 aliphatic heterocycles. The van der Waals surface area contributed by atoms with Crippen molar-refractivity contribution in [1.82, 2.24) is 9.80 Å². The maximum atomic E-state index is 5.46. The summed E-state index contributed by atoms with van der Waals surface area (Å²) in [6, 6.07) is 6.56. The molecule has 25 heavy (non-hydrogen) atoms. The molecule has 6 heteroatoms. The van der Waals surface area contributed by atoms with Crippen LogP contribution in [0.25, 0.3) is 0 Å². The van der Waals surface area contributed by atoms with E-state index in [-0.39, 0.29) is 12.1 Å². The zero-order valence-corrected chi connectivity index (χ0v) is 15.8. The van der Waals surface area contributed by atoms with Crippen molar-refractivity contribution in [2.45, 2.75) is 38.8 Å². The SMILES string of the molecule is CC1N=C(N(C)C)CC(N(C)CCc2ccc3c(c2)OCO3)=NC1C. The van der Waals surface area contributed by atoms with Crippen LogP contribution in [0.3, 0.4) is 0 Å². The lowest BCUT2D eigenvalue weighted by atomic mass is 10.1. The Morgan fingerprint density at radius 1 is 1.00 bits per heavy atom. The van der Waals surface area contributed by atoms with Crippen LogP contribution in [0.4, 0.5) is 0 Å². The maximum absolute atomic E-state index is 5.46. The van der Waals surface area contributed by atoms with Gasteiger partial charge in [-0.15, -0.1) is 0 Å². The molecule has 0 aromatic heterocycles. The van der Waals surface area contributed by atoms with Crippen molar-refractivity contribution in [3.8, 4) is 11.5 Å². The van der Waals surface area contributed by atoms with Gasteiger partial charge in [-0.05, 0) is 38.0 Å². The van der Waals surface area contributed by atoms with E-state index in [0.717, 1.165) is 42.6 Å². The Bertz CT molecular complexity index is 684. The lowest BCUT2D eigenvalue weighted by molar-refractivity contribution is 0.174. The second-order valence-electron chi connectivity index (χ2n) is 7.00. The second kappa shape index (κ2) is 7.33. The normalized spacial score (nSPS) is 22.1. The third-order valence-electron chi connectivity index (χ3n) is 4.85. The third-order valence-corrected chi connectivity index (χ3v) is 4.85. The van der Waals surface area contributed by atoms with Crippen LogP contribution in [-0.2, 0) is 6.42 Å². The molecule has 2 unspecified atom stereocenters. The van der Waals surface area contributed by atoms with Crippen molar-refractivity contribution in [2.24, 2.45) is 9.98 Å². The quantitative estimate of drug-likeness (QED) is 0.845. The fourth-order valence-electron chi connectivity index (χ4n) is 2.95. The predicted molar refractivity (Wildman–Crippen MR) is 101 cm³/mol. The van der Waals surface area contributed by atoms with E-state index in [9.17, 15) is 0 Å². The van der Waals surface area contributed by atoms with E-state index in [0.29, 0.717) is 6.79 Å². The van der Waals surface area contributed by atoms with Gasteiger partial charge < -0.3 is 19.3 Å². The zero-order chi connectivity index (χ0) is 18.0. The first-order chi connectivity index (χ1) is 11.9. The molecular weight excluding hydrogens is 316 g/mol. The Morgan fingerprint density at radius 2 is 1.68 bits per heavy atom. The standard InChI is InChI=1S/C19H28N4O2/c1-13-14(2)21-19(11-18(20-13)22(3)4)23(5)9-8-15-6-7-16-17(10-15)25-12-24-16/h6-7,10,13-14H,8-9,11-12H2,1-5H3. The number of benzene rings is 1. The Hall–Kier alpha value is -2.24. The zero-order valence-electron chi connectivity index (χ0n) is 15.8. The van der Waals surface area contributed by atoms with E-state index in [1.54, 1.807) is 0 Å². The minimum absolute atomic E-state index is 0.195. The van der Waals surface area contributed by atoms with E-state index in [4.69, 9.17) is 19.5 Å². The summed E-state index contributed by atoms with van der Waals surface area (Å²) in [5.74, 6) is 3.87. The summed E-state index contributed by atoms with van der Waals surface area (Å²) in [5, 5.41) is 0. The van der Waals surface area contributed by atoms with Gasteiger partial charge in [0.15, 0.2) is 11.5 Å². The minimum Gasteiger partial charge on any atom is -0.454 e. The van der Waals surface area contributed by atoms with E-state index in [1.165, 1.54) is 5.56 Å². The molecule has 136 valence electrons. The van der Waals surface area contributed by atoms with E-state index >= 15 is 0 Å². The highest BCUT2D eigenvalue weighted by atomic mass is 16.7. The van der Waals surface area contributed by atoms with Gasteiger partial charge in [0, 0.05) is 27.7 Å². The maximum Gasteiger partial charge on any atom is 0.231 e. The molecule has 0 saturated carbocycles. The smallest absolute Gasteiger partial charge is 0.231 e. The fourth-order valence-corrected chi connectivity index (χ4v) is 2.95. The molecule has 0 bridgehead atoms. The van der Waals surface area contributed by atoms with Crippen LogP contribution >= 0.6 is 0 Å². The van der Waals surface area contributed by atoms with Crippen LogP contribution in [0, 0.1) is 0 Å². The molecule has 0 fully saturated rings. The monoisotopic (exact) mass is 344 g/mol. The molecule has 1 aromatic carbocycles. The van der Waals surface area contributed by atoms with Crippen molar-refractivity contribution in [3.63, 3.8) is 0 Å². The number of hydrogen-bond donors (Lipinski definition) is 0. The number of hydrogen-bond acceptors (Lipinski definition) is 6. The van der Waals surface area contributed by atoms with Crippen molar-refractivity contribution in [3.05, 3.63) is 23.8 Å². The summed E-state index contributed by atoms with van der Waals surface area (Å²) in [5.41, 5.74) is 1.24. The first kappa shape index (κ1) is 17.6. The first-order valence-electron chi connectivity index (χ1n) is 8.84. The van der Waals surface area contributed by atoms with E-state index in [1.807, 2.05) is 20.2 Å². The average molecular weight is 344 g/mol. The van der Waals surface area contributed by atoms with Crippen LogP contribution in [0.5, 0.6) is 11.5 Å². The summed E-state index contributed by atoms with van der Waals surface area (Å²) >= 11 is 0. The summed E-state index contributed by atoms with van der Waals surface area (Å²) in [4.78, 5) is 14.1. The number of rotatable bonds is 3. The molecule has 0 spiro atoms. The number of amidine groups is 2. The second-order valence-corrected chi connectivity index (χ2v) is 7.00. The van der Waals surface area contributed by atoms with Crippen molar-refractivity contribution in [2.75, 3.05) is 34.5 Å². The summed E-state index contributed by atoms with van der Waals surface area (Å²) < 4.78 is 10.8. The van der Waals surface area contributed by atoms with Crippen molar-refractivity contribution >= 4 is 11.7 Å². The van der Waals surface area contributed by atoms with Gasteiger partial charge in [-0.25, -0.2) is 0 Å². The van der Waals surface area contributed by atoms with Gasteiger partial charge in [0.25, 0.3) is 0 Å². The molecule has 2 aliphatic rings. The van der Waals surface area contributed by atoms with Gasteiger partial charge in [0.05, 0.1) is 18.5 Å². The number of ether oxygens (including phenoxy) is 2. The molecule has 0 saturated heterocycles. The van der Waals surface area contributed by atoms with Gasteiger partial charge in [-0.1, -0.05) is 6.07 Å². The lowest BCUT2D eigenvalue weighted by Gasteiger charge is -2.23. The van der Waals surface area contributed by atoms with Crippen LogP contribution in [0.2, 0.25) is 0 Å². The molecule has 2 atom stereocenters. The predicted octanol–water partition coefficient (Wildman–Crippen LogP) is 2.43. The van der Waals surface area contributed by atoms with Crippen molar-refractivity contribution in [1.29, 1.82) is 0 Å². The third kappa shape index (κ3) is 4.06. The van der Waals surface area contributed by atoms with Gasteiger partial charge >= 0.3 is 0 Å². The number of fused-ring (bicyclic) bond motifs is 1. The van der Waals surface area contributed by atoms with Crippen LogP contribution in [0.1, 0.15) is 25.8 Å². The highest BCUT2D eigenvalue weighted by Gasteiger charge is 2.21. The Balaban J connectivity index is 1.66. The molecule has 0 N–H and O–H groups in total. The Morgan fingerprint density at radius 3 is 2.40 bits per heavy atom. The lowest BCUT2D eigenvalue weighted by Crippen LogP contribution is -2.34.